The van der Waals surface area contributed by atoms with Crippen molar-refractivity contribution in [2.45, 2.75) is 12.5 Å². The largest absolute Gasteiger partial charge is 0.480 e. The normalized spacial score (nSPS) is 11.9. The second-order valence-corrected chi connectivity index (χ2v) is 5.17. The molecule has 1 aromatic rings. The Hall–Kier alpha value is -1.27. The van der Waals surface area contributed by atoms with Crippen LogP contribution in [-0.4, -0.2) is 35.0 Å². The molecule has 1 amide bonds. The molecule has 4 nitrogen and oxygen atoms in total. The summed E-state index contributed by atoms with van der Waals surface area (Å²) in [5.74, 6) is -1.86. The van der Waals surface area contributed by atoms with Crippen LogP contribution in [0.1, 0.15) is 16.8 Å². The molecule has 0 aliphatic heterocycles. The summed E-state index contributed by atoms with van der Waals surface area (Å²) in [6, 6.07) is 2.58. The fourth-order valence-electron chi connectivity index (χ4n) is 1.37. The van der Waals surface area contributed by atoms with Gasteiger partial charge in [0.15, 0.2) is 0 Å². The first-order valence-corrected chi connectivity index (χ1v) is 7.20. The zero-order chi connectivity index (χ0) is 14.4. The van der Waals surface area contributed by atoms with Gasteiger partial charge in [0.25, 0.3) is 5.91 Å². The highest BCUT2D eigenvalue weighted by Crippen LogP contribution is 2.15. The Morgan fingerprint density at radius 2 is 2.21 bits per heavy atom. The molecule has 19 heavy (non-hydrogen) atoms. The van der Waals surface area contributed by atoms with Crippen LogP contribution in [0.25, 0.3) is 0 Å². The molecular weight excluding hydrogens is 293 g/mol. The summed E-state index contributed by atoms with van der Waals surface area (Å²) in [5.41, 5.74) is 0.0392. The lowest BCUT2D eigenvalue weighted by atomic mass is 10.1. The number of halogens is 2. The van der Waals surface area contributed by atoms with Gasteiger partial charge in [-0.2, -0.15) is 11.8 Å². The summed E-state index contributed by atoms with van der Waals surface area (Å²) in [6.07, 6.45) is 2.15. The van der Waals surface area contributed by atoms with Crippen molar-refractivity contribution in [3.05, 3.63) is 34.6 Å². The van der Waals surface area contributed by atoms with E-state index in [1.54, 1.807) is 0 Å². The van der Waals surface area contributed by atoms with Crippen LogP contribution in [0.4, 0.5) is 4.39 Å². The van der Waals surface area contributed by atoms with E-state index in [0.29, 0.717) is 12.2 Å². The quantitative estimate of drug-likeness (QED) is 0.847. The highest BCUT2D eigenvalue weighted by atomic mass is 35.5. The van der Waals surface area contributed by atoms with Gasteiger partial charge in [-0.3, -0.25) is 4.79 Å². The van der Waals surface area contributed by atoms with Crippen LogP contribution in [0.2, 0.25) is 5.02 Å². The third-order valence-corrected chi connectivity index (χ3v) is 3.35. The standard InChI is InChI=1S/C12H13ClFNO3S/c1-19-5-4-10(12(17)18)15-11(16)7-2-3-8(13)9(14)6-7/h2-3,6,10H,4-5H2,1H3,(H,15,16)(H,17,18)/t10-/m0/s1. The lowest BCUT2D eigenvalue weighted by Gasteiger charge is -2.14. The number of hydrogen-bond donors (Lipinski definition) is 2. The number of benzene rings is 1. The van der Waals surface area contributed by atoms with Gasteiger partial charge in [-0.15, -0.1) is 0 Å². The molecule has 0 heterocycles. The van der Waals surface area contributed by atoms with Crippen LogP contribution >= 0.6 is 23.4 Å². The van der Waals surface area contributed by atoms with E-state index in [2.05, 4.69) is 5.32 Å². The Kier molecular flexibility index (Phi) is 6.11. The predicted molar refractivity (Wildman–Crippen MR) is 73.3 cm³/mol. The first kappa shape index (κ1) is 15.8. The fraction of sp³-hybridized carbons (Fsp3) is 0.333. The number of carboxylic acids is 1. The maximum atomic E-state index is 13.2. The number of hydrogen-bond acceptors (Lipinski definition) is 3. The molecule has 0 radical (unpaired) electrons. The van der Waals surface area contributed by atoms with E-state index in [1.807, 2.05) is 6.26 Å². The second kappa shape index (κ2) is 7.35. The average Bonchev–Trinajstić information content (AvgIpc) is 2.37. The molecule has 1 rings (SSSR count). The number of carbonyl (C=O) groups excluding carboxylic acids is 1. The second-order valence-electron chi connectivity index (χ2n) is 3.77. The van der Waals surface area contributed by atoms with Crippen molar-refractivity contribution < 1.29 is 19.1 Å². The Morgan fingerprint density at radius 3 is 2.74 bits per heavy atom. The van der Waals surface area contributed by atoms with E-state index in [4.69, 9.17) is 16.7 Å². The molecule has 104 valence electrons. The van der Waals surface area contributed by atoms with Gasteiger partial charge in [0.05, 0.1) is 5.02 Å². The van der Waals surface area contributed by atoms with E-state index in [0.717, 1.165) is 6.07 Å². The van der Waals surface area contributed by atoms with E-state index in [-0.39, 0.29) is 10.6 Å². The molecule has 1 aromatic carbocycles. The number of rotatable bonds is 6. The summed E-state index contributed by atoms with van der Waals surface area (Å²) < 4.78 is 13.2. The van der Waals surface area contributed by atoms with Gasteiger partial charge < -0.3 is 10.4 Å². The van der Waals surface area contributed by atoms with Crippen LogP contribution in [0.5, 0.6) is 0 Å². The molecule has 0 unspecified atom stereocenters. The highest BCUT2D eigenvalue weighted by Gasteiger charge is 2.20. The maximum absolute atomic E-state index is 13.2. The van der Waals surface area contributed by atoms with E-state index < -0.39 is 23.7 Å². The van der Waals surface area contributed by atoms with Crippen molar-refractivity contribution in [3.8, 4) is 0 Å². The van der Waals surface area contributed by atoms with Crippen molar-refractivity contribution in [2.24, 2.45) is 0 Å². The third-order valence-electron chi connectivity index (χ3n) is 2.40. The molecule has 0 aromatic heterocycles. The molecule has 0 fully saturated rings. The first-order valence-electron chi connectivity index (χ1n) is 5.43. The van der Waals surface area contributed by atoms with E-state index in [1.165, 1.54) is 23.9 Å². The summed E-state index contributed by atoms with van der Waals surface area (Å²) in [4.78, 5) is 22.8. The molecule has 0 saturated heterocycles. The van der Waals surface area contributed by atoms with Crippen molar-refractivity contribution in [2.75, 3.05) is 12.0 Å². The van der Waals surface area contributed by atoms with Gasteiger partial charge in [0.1, 0.15) is 11.9 Å². The van der Waals surface area contributed by atoms with Gasteiger partial charge in [0.2, 0.25) is 0 Å². The number of amides is 1. The van der Waals surface area contributed by atoms with E-state index in [9.17, 15) is 14.0 Å². The molecule has 0 spiro atoms. The molecule has 0 aliphatic rings. The molecule has 2 N–H and O–H groups in total. The molecule has 0 aliphatic carbocycles. The van der Waals surface area contributed by atoms with Crippen molar-refractivity contribution in [1.82, 2.24) is 5.32 Å². The summed E-state index contributed by atoms with van der Waals surface area (Å²) in [5, 5.41) is 11.2. The molecular formula is C12H13ClFNO3S. The van der Waals surface area contributed by atoms with Crippen LogP contribution < -0.4 is 5.32 Å². The minimum Gasteiger partial charge on any atom is -0.480 e. The number of carbonyl (C=O) groups is 2. The number of nitrogens with one attached hydrogen (secondary N) is 1. The summed E-state index contributed by atoms with van der Waals surface area (Å²) >= 11 is 6.99. The van der Waals surface area contributed by atoms with Gasteiger partial charge in [0, 0.05) is 5.56 Å². The Morgan fingerprint density at radius 1 is 1.53 bits per heavy atom. The van der Waals surface area contributed by atoms with Crippen LogP contribution in [0.15, 0.2) is 18.2 Å². The Bertz CT molecular complexity index is 484. The van der Waals surface area contributed by atoms with E-state index >= 15 is 0 Å². The molecule has 1 atom stereocenters. The van der Waals surface area contributed by atoms with Crippen LogP contribution in [-0.2, 0) is 4.79 Å². The molecule has 0 bridgehead atoms. The minimum atomic E-state index is -1.11. The first-order chi connectivity index (χ1) is 8.95. The Labute approximate surface area is 119 Å². The maximum Gasteiger partial charge on any atom is 0.326 e. The van der Waals surface area contributed by atoms with Gasteiger partial charge in [-0.1, -0.05) is 11.6 Å². The zero-order valence-electron chi connectivity index (χ0n) is 10.2. The monoisotopic (exact) mass is 305 g/mol. The van der Waals surface area contributed by atoms with Crippen molar-refractivity contribution in [1.29, 1.82) is 0 Å². The summed E-state index contributed by atoms with van der Waals surface area (Å²) in [6.45, 7) is 0. The van der Waals surface area contributed by atoms with Gasteiger partial charge in [-0.05, 0) is 36.6 Å². The smallest absolute Gasteiger partial charge is 0.326 e. The van der Waals surface area contributed by atoms with Crippen molar-refractivity contribution in [3.63, 3.8) is 0 Å². The fourth-order valence-corrected chi connectivity index (χ4v) is 1.96. The van der Waals surface area contributed by atoms with Crippen molar-refractivity contribution >= 4 is 35.2 Å². The average molecular weight is 306 g/mol. The molecule has 7 heteroatoms. The lowest BCUT2D eigenvalue weighted by molar-refractivity contribution is -0.139. The zero-order valence-corrected chi connectivity index (χ0v) is 11.7. The van der Waals surface area contributed by atoms with Crippen LogP contribution in [0.3, 0.4) is 0 Å². The van der Waals surface area contributed by atoms with Gasteiger partial charge in [-0.25, -0.2) is 9.18 Å². The lowest BCUT2D eigenvalue weighted by Crippen LogP contribution is -2.41. The number of carboxylic acid groups (broad SMARTS) is 1. The summed E-state index contributed by atoms with van der Waals surface area (Å²) in [7, 11) is 0. The minimum absolute atomic E-state index is 0.0392. The van der Waals surface area contributed by atoms with Gasteiger partial charge >= 0.3 is 5.97 Å². The highest BCUT2D eigenvalue weighted by molar-refractivity contribution is 7.98. The predicted octanol–water partition coefficient (Wildman–Crippen LogP) is 2.42. The molecule has 0 saturated carbocycles. The SMILES string of the molecule is CSCC[C@H](NC(=O)c1ccc(Cl)c(F)c1)C(=O)O. The third kappa shape index (κ3) is 4.72. The number of thioether (sulfide) groups is 1. The number of aliphatic carboxylic acids is 1. The Balaban J connectivity index is 2.75. The van der Waals surface area contributed by atoms with Crippen LogP contribution in [0, 0.1) is 5.82 Å². The topological polar surface area (TPSA) is 66.4 Å².